The molecule has 5 saturated heterocycles. The number of amides is 2. The maximum atomic E-state index is 15.2. The molecule has 2 amide bonds. The van der Waals surface area contributed by atoms with E-state index in [1.807, 2.05) is 24.3 Å². The summed E-state index contributed by atoms with van der Waals surface area (Å²) in [7, 11) is 5.12. The van der Waals surface area contributed by atoms with Crippen molar-refractivity contribution in [1.29, 1.82) is 0 Å². The topological polar surface area (TPSA) is 205 Å². The van der Waals surface area contributed by atoms with Crippen LogP contribution in [0.4, 0.5) is 21.0 Å². The van der Waals surface area contributed by atoms with Gasteiger partial charge in [-0.2, -0.15) is 0 Å². The van der Waals surface area contributed by atoms with E-state index in [0.29, 0.717) is 84.3 Å². The van der Waals surface area contributed by atoms with E-state index in [2.05, 4.69) is 9.80 Å². The first-order valence-corrected chi connectivity index (χ1v) is 23.8. The molecule has 4 bridgehead atoms. The Morgan fingerprint density at radius 3 is 1.42 bits per heavy atom. The first kappa shape index (κ1) is 39.9. The highest BCUT2D eigenvalue weighted by Crippen LogP contribution is 2.87. The molecule has 6 spiro atoms. The van der Waals surface area contributed by atoms with Gasteiger partial charge in [-0.15, -0.1) is 0 Å². The number of benzene rings is 2. The van der Waals surface area contributed by atoms with Gasteiger partial charge in [0.05, 0.1) is 39.8 Å². The van der Waals surface area contributed by atoms with E-state index in [1.165, 1.54) is 38.2 Å². The molecule has 15 aliphatic rings. The number of aliphatic hydroxyl groups is 2. The molecule has 0 unspecified atom stereocenters. The first-order chi connectivity index (χ1) is 32.3. The Bertz CT molecular complexity index is 2540. The lowest BCUT2D eigenvalue weighted by Crippen LogP contribution is -2.89. The molecule has 14 atom stereocenters. The van der Waals surface area contributed by atoms with Gasteiger partial charge in [0.1, 0.15) is 23.5 Å². The fourth-order valence-corrected chi connectivity index (χ4v) is 19.8. The molecule has 354 valence electrons. The second-order valence-corrected chi connectivity index (χ2v) is 21.7. The van der Waals surface area contributed by atoms with Crippen LogP contribution in [0.2, 0.25) is 0 Å². The van der Waals surface area contributed by atoms with Gasteiger partial charge < -0.3 is 52.8 Å². The molecule has 67 heavy (non-hydrogen) atoms. The standard InChI is InChI=1S/C48H52N4O15/c1-59-37(53)43(57)19-41-11-5-17-49-33-27(47(35(41)49)23-7-9-25-31(65-21-63-25)29(23)51(39(55)61-3)45(43,47)15-13-41)28-34(67-33)50-18-6-12-42-14-16-46(44(58,20-42)38(54)60-2)48(28,36(42)50)24-8-10-26-32(66-22-64-26)30(24)52(46)40(56)62-4/h7-10,27-28,33-36,57-58H,5-6,11-22H2,1-4H3/t27-,28-,33+,34+,35+,36+,41-,42-,43-,44-,45-,46-,47+,48+/m1/s1. The number of carbonyl (C=O) groups excluding carboxylic acids is 4. The minimum Gasteiger partial charge on any atom is -0.467 e. The predicted octanol–water partition coefficient (Wildman–Crippen LogP) is 3.02. The maximum Gasteiger partial charge on any atom is 0.414 e. The number of nitrogens with zero attached hydrogens (tertiary/aromatic N) is 4. The second-order valence-electron chi connectivity index (χ2n) is 21.7. The molecule has 2 N–H and O–H groups in total. The summed E-state index contributed by atoms with van der Waals surface area (Å²) in [6.07, 6.45) is 1.51. The minimum atomic E-state index is -2.30. The van der Waals surface area contributed by atoms with Crippen molar-refractivity contribution in [2.24, 2.45) is 22.7 Å². The Morgan fingerprint density at radius 1 is 0.582 bits per heavy atom. The van der Waals surface area contributed by atoms with Gasteiger partial charge in [-0.1, -0.05) is 12.1 Å². The molecule has 6 aliphatic carbocycles. The van der Waals surface area contributed by atoms with Crippen molar-refractivity contribution in [3.8, 4) is 23.0 Å². The van der Waals surface area contributed by atoms with E-state index in [1.54, 1.807) is 0 Å². The number of ether oxygens (including phenoxy) is 9. The van der Waals surface area contributed by atoms with E-state index in [0.717, 1.165) is 12.8 Å². The van der Waals surface area contributed by atoms with Crippen LogP contribution in [-0.4, -0.2) is 146 Å². The molecule has 11 fully saturated rings. The molecule has 0 radical (unpaired) electrons. The lowest BCUT2D eigenvalue weighted by molar-refractivity contribution is -0.241. The van der Waals surface area contributed by atoms with Gasteiger partial charge in [-0.25, -0.2) is 19.2 Å². The predicted molar refractivity (Wildman–Crippen MR) is 225 cm³/mol. The molecule has 9 aliphatic heterocycles. The second kappa shape index (κ2) is 11.8. The lowest BCUT2D eigenvalue weighted by Gasteiger charge is -2.74. The van der Waals surface area contributed by atoms with Crippen molar-refractivity contribution >= 4 is 35.5 Å². The molecular weight excluding hydrogens is 873 g/mol. The molecule has 19 nitrogen and oxygen atoms in total. The van der Waals surface area contributed by atoms with Crippen LogP contribution >= 0.6 is 0 Å². The zero-order valence-corrected chi connectivity index (χ0v) is 37.7. The normalized spacial score (nSPS) is 46.2. The molecule has 19 heteroatoms. The van der Waals surface area contributed by atoms with E-state index in [9.17, 15) is 10.2 Å². The SMILES string of the molecule is COC(=O)N1c2c(ccc3c2OCO3)[C@@]23[C@@H]4[C@@H]5[C@H](O[C@@H]4N4CCC[C@]6(CC[C@]12[C@](O)(C(=O)OC)C6)[C@H]43)N1CCC[C@]23CC[C@@]4(N(C(=O)OC)c6c(ccc7c6OCO7)[C@@]54[C@@H]12)[C@](O)(C(=O)OC)C3. The third-order valence-corrected chi connectivity index (χ3v) is 20.7. The van der Waals surface area contributed by atoms with E-state index < -0.39 is 104 Å². The highest BCUT2D eigenvalue weighted by molar-refractivity contribution is 6.04. The quantitative estimate of drug-likeness (QED) is 0.328. The first-order valence-electron chi connectivity index (χ1n) is 23.8. The van der Waals surface area contributed by atoms with Crippen LogP contribution in [-0.2, 0) is 44.1 Å². The van der Waals surface area contributed by atoms with Crippen LogP contribution in [0.3, 0.4) is 0 Å². The maximum absolute atomic E-state index is 15.2. The largest absolute Gasteiger partial charge is 0.467 e. The average Bonchev–Trinajstić information content (AvgIpc) is 4.21. The summed E-state index contributed by atoms with van der Waals surface area (Å²) in [5, 5.41) is 28.1. The average molecular weight is 925 g/mol. The zero-order chi connectivity index (χ0) is 45.8. The van der Waals surface area contributed by atoms with Crippen molar-refractivity contribution in [2.75, 3.05) is 64.9 Å². The van der Waals surface area contributed by atoms with Crippen molar-refractivity contribution in [1.82, 2.24) is 9.80 Å². The number of carbonyl (C=O) groups is 4. The van der Waals surface area contributed by atoms with Crippen LogP contribution < -0.4 is 28.7 Å². The van der Waals surface area contributed by atoms with Crippen LogP contribution in [0.5, 0.6) is 23.0 Å². The third-order valence-electron chi connectivity index (χ3n) is 20.7. The minimum absolute atomic E-state index is 0.0155. The number of hydrogen-bond acceptors (Lipinski definition) is 17. The Labute approximate surface area is 384 Å². The Balaban J connectivity index is 1.12. The van der Waals surface area contributed by atoms with Gasteiger partial charge in [-0.3, -0.25) is 19.6 Å². The number of anilines is 2. The third kappa shape index (κ3) is 3.53. The monoisotopic (exact) mass is 924 g/mol. The summed E-state index contributed by atoms with van der Waals surface area (Å²) in [5.74, 6) is -1.72. The molecule has 0 aromatic heterocycles. The van der Waals surface area contributed by atoms with Crippen molar-refractivity contribution in [3.63, 3.8) is 0 Å². The van der Waals surface area contributed by atoms with Gasteiger partial charge in [0.25, 0.3) is 0 Å². The van der Waals surface area contributed by atoms with E-state index in [4.69, 9.17) is 42.6 Å². The van der Waals surface area contributed by atoms with Crippen LogP contribution in [0.1, 0.15) is 75.3 Å². The van der Waals surface area contributed by atoms with Gasteiger partial charge in [0.15, 0.2) is 34.2 Å². The molecule has 17 rings (SSSR count). The number of rotatable bonds is 2. The summed E-state index contributed by atoms with van der Waals surface area (Å²) >= 11 is 0. The molecule has 2 aromatic rings. The van der Waals surface area contributed by atoms with Crippen LogP contribution in [0.15, 0.2) is 24.3 Å². The van der Waals surface area contributed by atoms with Crippen LogP contribution in [0, 0.1) is 22.7 Å². The summed E-state index contributed by atoms with van der Waals surface area (Å²) in [6.45, 7) is 1.02. The number of piperidine rings is 2. The Hall–Kier alpha value is -5.08. The molecule has 6 saturated carbocycles. The highest BCUT2D eigenvalue weighted by Gasteiger charge is 2.97. The lowest BCUT2D eigenvalue weighted by atomic mass is 9.32. The van der Waals surface area contributed by atoms with Gasteiger partial charge in [0, 0.05) is 47.8 Å². The molecule has 2 aromatic carbocycles. The van der Waals surface area contributed by atoms with Gasteiger partial charge in [0.2, 0.25) is 13.6 Å². The fraction of sp³-hybridized carbons (Fsp3) is 0.667. The van der Waals surface area contributed by atoms with Gasteiger partial charge >= 0.3 is 24.1 Å². The summed E-state index contributed by atoms with van der Waals surface area (Å²) in [5.41, 5.74) is -10.1. The van der Waals surface area contributed by atoms with E-state index in [-0.39, 0.29) is 39.3 Å². The van der Waals surface area contributed by atoms with Gasteiger partial charge in [-0.05, 0) is 98.3 Å². The van der Waals surface area contributed by atoms with Crippen LogP contribution in [0.25, 0.3) is 0 Å². The smallest absolute Gasteiger partial charge is 0.414 e. The number of methoxy groups -OCH3 is 4. The zero-order valence-electron chi connectivity index (χ0n) is 37.7. The molecule has 9 heterocycles. The summed E-state index contributed by atoms with van der Waals surface area (Å²) in [6, 6.07) is 6.81. The molecular formula is C48H52N4O15. The van der Waals surface area contributed by atoms with Crippen molar-refractivity contribution in [3.05, 3.63) is 35.4 Å². The van der Waals surface area contributed by atoms with Crippen molar-refractivity contribution in [2.45, 2.75) is 122 Å². The Morgan fingerprint density at radius 2 is 1.01 bits per heavy atom. The summed E-state index contributed by atoms with van der Waals surface area (Å²) in [4.78, 5) is 68.4. The fourth-order valence-electron chi connectivity index (χ4n) is 19.8. The summed E-state index contributed by atoms with van der Waals surface area (Å²) < 4.78 is 55.4. The number of fused-ring (bicyclic) bond motifs is 15. The van der Waals surface area contributed by atoms with E-state index >= 15 is 19.2 Å². The highest BCUT2D eigenvalue weighted by atomic mass is 16.7. The van der Waals surface area contributed by atoms with Crippen molar-refractivity contribution < 1.29 is 72.0 Å². The Kier molecular flexibility index (Phi) is 7.05. The number of esters is 2. The number of hydrogen-bond donors (Lipinski definition) is 2.